The predicted molar refractivity (Wildman–Crippen MR) is 83.0 cm³/mol. The first-order valence-corrected chi connectivity index (χ1v) is 7.19. The van der Waals surface area contributed by atoms with Gasteiger partial charge in [0, 0.05) is 0 Å². The number of benzene rings is 1. The molecule has 0 fully saturated rings. The van der Waals surface area contributed by atoms with Crippen molar-refractivity contribution < 1.29 is 4.79 Å². The first-order valence-electron chi connectivity index (χ1n) is 7.19. The number of nitrogens with two attached hydrogens (primary N) is 1. The fourth-order valence-electron chi connectivity index (χ4n) is 2.66. The normalized spacial score (nSPS) is 18.9. The van der Waals surface area contributed by atoms with Gasteiger partial charge < -0.3 is 10.7 Å². The Morgan fingerprint density at radius 3 is 2.81 bits per heavy atom. The molecule has 0 aliphatic carbocycles. The molecule has 0 spiro atoms. The van der Waals surface area contributed by atoms with Crippen LogP contribution in [0.25, 0.3) is 11.0 Å². The fraction of sp³-hybridized carbons (Fsp3) is 0.400. The first-order chi connectivity index (χ1) is 10.1. The number of fused-ring (bicyclic) bond motifs is 1. The third kappa shape index (κ3) is 2.31. The Hall–Kier alpha value is -2.21. The van der Waals surface area contributed by atoms with E-state index < -0.39 is 0 Å². The van der Waals surface area contributed by atoms with Crippen molar-refractivity contribution >= 4 is 28.6 Å². The van der Waals surface area contributed by atoms with E-state index in [0.717, 1.165) is 16.7 Å². The number of hydrogen-bond donors (Lipinski definition) is 2. The maximum Gasteiger partial charge on any atom is 0.258 e. The second kappa shape index (κ2) is 5.29. The number of amides is 1. The van der Waals surface area contributed by atoms with E-state index in [1.807, 2.05) is 38.1 Å². The molecule has 3 rings (SSSR count). The molecular weight excluding hydrogens is 266 g/mol. The third-order valence-electron chi connectivity index (χ3n) is 3.70. The molecule has 1 aliphatic rings. The zero-order valence-electron chi connectivity index (χ0n) is 12.2. The number of carbonyl (C=O) groups is 1. The summed E-state index contributed by atoms with van der Waals surface area (Å²) in [7, 11) is 0. The van der Waals surface area contributed by atoms with Gasteiger partial charge in [0.1, 0.15) is 0 Å². The Kier molecular flexibility index (Phi) is 3.47. The Balaban J connectivity index is 1.99. The summed E-state index contributed by atoms with van der Waals surface area (Å²) in [4.78, 5) is 20.2. The molecule has 0 bridgehead atoms. The van der Waals surface area contributed by atoms with Crippen LogP contribution in [0.2, 0.25) is 0 Å². The number of rotatable bonds is 4. The van der Waals surface area contributed by atoms with Crippen molar-refractivity contribution in [1.82, 2.24) is 9.97 Å². The predicted octanol–water partition coefficient (Wildman–Crippen LogP) is 1.89. The van der Waals surface area contributed by atoms with Crippen LogP contribution in [0.5, 0.6) is 0 Å². The van der Waals surface area contributed by atoms with Crippen LogP contribution in [0, 0.1) is 11.8 Å². The van der Waals surface area contributed by atoms with E-state index in [1.54, 1.807) is 0 Å². The average Bonchev–Trinajstić information content (AvgIpc) is 3.01. The van der Waals surface area contributed by atoms with Crippen LogP contribution in [0.15, 0.2) is 29.4 Å². The molecule has 0 radical (unpaired) electrons. The summed E-state index contributed by atoms with van der Waals surface area (Å²) in [5, 5.41) is 5.87. The van der Waals surface area contributed by atoms with Crippen LogP contribution in [0.4, 0.5) is 5.95 Å². The minimum Gasteiger partial charge on any atom is -0.330 e. The molecule has 21 heavy (non-hydrogen) atoms. The lowest BCUT2D eigenvalue weighted by Crippen LogP contribution is -2.30. The number of para-hydroxylation sites is 2. The van der Waals surface area contributed by atoms with Gasteiger partial charge in [-0.3, -0.25) is 4.79 Å². The van der Waals surface area contributed by atoms with Gasteiger partial charge in [-0.1, -0.05) is 26.0 Å². The molecule has 3 N–H and O–H groups in total. The molecule has 1 aromatic carbocycles. The van der Waals surface area contributed by atoms with E-state index in [4.69, 9.17) is 5.73 Å². The average molecular weight is 285 g/mol. The molecule has 110 valence electrons. The summed E-state index contributed by atoms with van der Waals surface area (Å²) in [5.74, 6) is 0.394. The molecule has 1 amide bonds. The van der Waals surface area contributed by atoms with E-state index in [0.29, 0.717) is 18.9 Å². The standard InChI is InChI=1S/C15H19N5O/c1-9(2)13-10(7-8-16)14(21)20(19-13)15-17-11-5-3-4-6-12(11)18-15/h3-6,9-10H,7-8,16H2,1-2H3,(H,17,18). The largest absolute Gasteiger partial charge is 0.330 e. The van der Waals surface area contributed by atoms with Crippen LogP contribution < -0.4 is 10.7 Å². The lowest BCUT2D eigenvalue weighted by Gasteiger charge is -2.12. The van der Waals surface area contributed by atoms with Gasteiger partial charge in [-0.05, 0) is 31.0 Å². The van der Waals surface area contributed by atoms with Crippen LogP contribution in [-0.4, -0.2) is 28.1 Å². The van der Waals surface area contributed by atoms with Crippen molar-refractivity contribution in [2.75, 3.05) is 11.6 Å². The van der Waals surface area contributed by atoms with Crippen LogP contribution in [0.3, 0.4) is 0 Å². The molecule has 1 unspecified atom stereocenters. The number of nitrogens with zero attached hydrogens (tertiary/aromatic N) is 3. The lowest BCUT2D eigenvalue weighted by atomic mass is 9.92. The second-order valence-corrected chi connectivity index (χ2v) is 5.54. The topological polar surface area (TPSA) is 87.4 Å². The van der Waals surface area contributed by atoms with Gasteiger partial charge >= 0.3 is 0 Å². The zero-order chi connectivity index (χ0) is 15.0. The number of H-pyrrole nitrogens is 1. The van der Waals surface area contributed by atoms with Crippen molar-refractivity contribution in [3.63, 3.8) is 0 Å². The summed E-state index contributed by atoms with van der Waals surface area (Å²) < 4.78 is 0. The summed E-state index contributed by atoms with van der Waals surface area (Å²) in [6.07, 6.45) is 0.618. The molecule has 1 aromatic heterocycles. The summed E-state index contributed by atoms with van der Waals surface area (Å²) >= 11 is 0. The molecule has 2 heterocycles. The van der Waals surface area contributed by atoms with E-state index in [1.165, 1.54) is 5.01 Å². The molecule has 2 aromatic rings. The van der Waals surface area contributed by atoms with E-state index >= 15 is 0 Å². The third-order valence-corrected chi connectivity index (χ3v) is 3.70. The molecular formula is C15H19N5O. The van der Waals surface area contributed by atoms with E-state index in [2.05, 4.69) is 15.1 Å². The van der Waals surface area contributed by atoms with Gasteiger partial charge in [-0.25, -0.2) is 4.98 Å². The highest BCUT2D eigenvalue weighted by Crippen LogP contribution is 2.27. The van der Waals surface area contributed by atoms with Crippen molar-refractivity contribution in [2.45, 2.75) is 20.3 Å². The number of hydrazone groups is 1. The number of imidazole rings is 1. The van der Waals surface area contributed by atoms with Crippen LogP contribution in [0.1, 0.15) is 20.3 Å². The minimum absolute atomic E-state index is 0.0526. The smallest absolute Gasteiger partial charge is 0.258 e. The highest BCUT2D eigenvalue weighted by molar-refractivity contribution is 6.15. The quantitative estimate of drug-likeness (QED) is 0.899. The summed E-state index contributed by atoms with van der Waals surface area (Å²) in [6, 6.07) is 7.67. The first kappa shape index (κ1) is 13.8. The molecule has 0 saturated carbocycles. The highest BCUT2D eigenvalue weighted by atomic mass is 16.2. The van der Waals surface area contributed by atoms with Gasteiger partial charge in [-0.15, -0.1) is 0 Å². The Labute approximate surface area is 123 Å². The molecule has 0 saturated heterocycles. The maximum atomic E-state index is 12.6. The van der Waals surface area contributed by atoms with Gasteiger partial charge in [0.05, 0.1) is 22.7 Å². The minimum atomic E-state index is -0.233. The van der Waals surface area contributed by atoms with Crippen LogP contribution >= 0.6 is 0 Å². The fourth-order valence-corrected chi connectivity index (χ4v) is 2.66. The number of anilines is 1. The van der Waals surface area contributed by atoms with Crippen molar-refractivity contribution in [2.24, 2.45) is 22.7 Å². The SMILES string of the molecule is CC(C)C1=NN(c2nc3ccccc3[nH]2)C(=O)C1CCN. The molecule has 1 atom stereocenters. The summed E-state index contributed by atoms with van der Waals surface area (Å²) in [5.41, 5.74) is 8.23. The Morgan fingerprint density at radius 2 is 2.14 bits per heavy atom. The number of nitrogens with one attached hydrogen (secondary N) is 1. The Bertz CT molecular complexity index is 670. The lowest BCUT2D eigenvalue weighted by molar-refractivity contribution is -0.120. The van der Waals surface area contributed by atoms with Gasteiger partial charge in [0.2, 0.25) is 5.95 Å². The highest BCUT2D eigenvalue weighted by Gasteiger charge is 2.38. The Morgan fingerprint density at radius 1 is 1.38 bits per heavy atom. The van der Waals surface area contributed by atoms with Gasteiger partial charge in [0.25, 0.3) is 5.91 Å². The monoisotopic (exact) mass is 285 g/mol. The maximum absolute atomic E-state index is 12.6. The second-order valence-electron chi connectivity index (χ2n) is 5.54. The van der Waals surface area contributed by atoms with Crippen LogP contribution in [-0.2, 0) is 4.79 Å². The van der Waals surface area contributed by atoms with Crippen molar-refractivity contribution in [3.8, 4) is 0 Å². The number of carbonyl (C=O) groups excluding carboxylic acids is 1. The van der Waals surface area contributed by atoms with Crippen molar-refractivity contribution in [3.05, 3.63) is 24.3 Å². The number of aromatic nitrogens is 2. The van der Waals surface area contributed by atoms with E-state index in [9.17, 15) is 4.79 Å². The van der Waals surface area contributed by atoms with Gasteiger partial charge in [-0.2, -0.15) is 10.1 Å². The molecule has 1 aliphatic heterocycles. The zero-order valence-corrected chi connectivity index (χ0v) is 12.2. The summed E-state index contributed by atoms with van der Waals surface area (Å²) in [6.45, 7) is 4.55. The molecule has 6 nitrogen and oxygen atoms in total. The van der Waals surface area contributed by atoms with Gasteiger partial charge in [0.15, 0.2) is 0 Å². The number of aromatic amines is 1. The number of hydrogen-bond acceptors (Lipinski definition) is 4. The molecule has 6 heteroatoms. The van der Waals surface area contributed by atoms with Crippen molar-refractivity contribution in [1.29, 1.82) is 0 Å². The van der Waals surface area contributed by atoms with E-state index in [-0.39, 0.29) is 17.7 Å².